The molecular weight excluding hydrogens is 332 g/mol. The minimum Gasteiger partial charge on any atom is -0.460 e. The van der Waals surface area contributed by atoms with Gasteiger partial charge in [0, 0.05) is 12.1 Å². The minimum atomic E-state index is -0.876. The fourth-order valence-electron chi connectivity index (χ4n) is 3.68. The summed E-state index contributed by atoms with van der Waals surface area (Å²) in [4.78, 5) is 25.0. The Morgan fingerprint density at radius 2 is 1.73 bits per heavy atom. The highest BCUT2D eigenvalue weighted by Gasteiger charge is 2.37. The molecule has 0 spiro atoms. The second-order valence-electron chi connectivity index (χ2n) is 8.16. The van der Waals surface area contributed by atoms with Gasteiger partial charge in [0.05, 0.1) is 0 Å². The quantitative estimate of drug-likeness (QED) is 0.807. The van der Waals surface area contributed by atoms with E-state index in [4.69, 9.17) is 9.47 Å². The van der Waals surface area contributed by atoms with E-state index in [2.05, 4.69) is 10.6 Å². The van der Waals surface area contributed by atoms with E-state index in [1.54, 1.807) is 32.9 Å². The van der Waals surface area contributed by atoms with E-state index in [9.17, 15) is 9.59 Å². The molecule has 3 rings (SSSR count). The topological polar surface area (TPSA) is 76.7 Å². The summed E-state index contributed by atoms with van der Waals surface area (Å²) in [6, 6.07) is 9.11. The van der Waals surface area contributed by atoms with Crippen LogP contribution in [0.2, 0.25) is 0 Å². The Morgan fingerprint density at radius 3 is 2.31 bits per heavy atom. The molecule has 3 unspecified atom stereocenters. The third-order valence-corrected chi connectivity index (χ3v) is 4.74. The first kappa shape index (κ1) is 18.7. The molecule has 2 fully saturated rings. The highest BCUT2D eigenvalue weighted by atomic mass is 16.6. The summed E-state index contributed by atoms with van der Waals surface area (Å²) >= 11 is 0. The number of esters is 1. The zero-order valence-electron chi connectivity index (χ0n) is 15.7. The maximum atomic E-state index is 12.8. The van der Waals surface area contributed by atoms with Crippen LogP contribution in [0.15, 0.2) is 30.3 Å². The van der Waals surface area contributed by atoms with Crippen molar-refractivity contribution in [3.8, 4) is 0 Å². The van der Waals surface area contributed by atoms with Crippen molar-refractivity contribution in [1.82, 2.24) is 10.6 Å². The number of rotatable bonds is 4. The average Bonchev–Trinajstić information content (AvgIpc) is 2.90. The summed E-state index contributed by atoms with van der Waals surface area (Å²) in [6.07, 6.45) is 3.20. The van der Waals surface area contributed by atoms with Gasteiger partial charge < -0.3 is 20.1 Å². The summed E-state index contributed by atoms with van der Waals surface area (Å²) in [5, 5.41) is 6.20. The maximum Gasteiger partial charge on any atom is 0.408 e. The maximum absolute atomic E-state index is 12.8. The third-order valence-electron chi connectivity index (χ3n) is 4.74. The molecule has 2 aliphatic rings. The zero-order chi connectivity index (χ0) is 18.7. The molecule has 6 nitrogen and oxygen atoms in total. The van der Waals surface area contributed by atoms with Crippen LogP contribution in [0.4, 0.5) is 4.79 Å². The van der Waals surface area contributed by atoms with Gasteiger partial charge in [-0.1, -0.05) is 30.3 Å². The molecule has 1 amide bonds. The van der Waals surface area contributed by atoms with Crippen LogP contribution in [0, 0.1) is 0 Å². The number of fused-ring (bicyclic) bond motifs is 2. The van der Waals surface area contributed by atoms with Gasteiger partial charge in [0.2, 0.25) is 0 Å². The lowest BCUT2D eigenvalue weighted by Gasteiger charge is -2.30. The van der Waals surface area contributed by atoms with E-state index in [0.717, 1.165) is 25.7 Å². The molecule has 0 aliphatic carbocycles. The number of hydrogen-bond acceptors (Lipinski definition) is 5. The van der Waals surface area contributed by atoms with Gasteiger partial charge in [-0.05, 0) is 52.0 Å². The Kier molecular flexibility index (Phi) is 5.51. The van der Waals surface area contributed by atoms with Crippen molar-refractivity contribution in [1.29, 1.82) is 0 Å². The second kappa shape index (κ2) is 7.66. The van der Waals surface area contributed by atoms with Gasteiger partial charge in [-0.3, -0.25) is 0 Å². The highest BCUT2D eigenvalue weighted by molar-refractivity contribution is 5.83. The molecule has 142 valence electrons. The number of alkyl carbamates (subject to hydrolysis) is 1. The minimum absolute atomic E-state index is 0.104. The van der Waals surface area contributed by atoms with E-state index >= 15 is 0 Å². The van der Waals surface area contributed by atoms with Crippen LogP contribution in [-0.2, 0) is 14.3 Å². The number of amides is 1. The Labute approximate surface area is 154 Å². The van der Waals surface area contributed by atoms with Crippen molar-refractivity contribution in [2.45, 2.75) is 76.3 Å². The number of carbonyl (C=O) groups is 2. The predicted octanol–water partition coefficient (Wildman–Crippen LogP) is 3.08. The average molecular weight is 360 g/mol. The van der Waals surface area contributed by atoms with Crippen molar-refractivity contribution in [2.75, 3.05) is 0 Å². The van der Waals surface area contributed by atoms with Crippen molar-refractivity contribution in [3.05, 3.63) is 35.9 Å². The van der Waals surface area contributed by atoms with Gasteiger partial charge >= 0.3 is 12.1 Å². The predicted molar refractivity (Wildman–Crippen MR) is 97.6 cm³/mol. The van der Waals surface area contributed by atoms with Gasteiger partial charge in [-0.2, -0.15) is 0 Å². The second-order valence-corrected chi connectivity index (χ2v) is 8.16. The lowest BCUT2D eigenvalue weighted by Crippen LogP contribution is -2.44. The van der Waals surface area contributed by atoms with Crippen LogP contribution >= 0.6 is 0 Å². The van der Waals surface area contributed by atoms with Gasteiger partial charge in [0.25, 0.3) is 0 Å². The van der Waals surface area contributed by atoms with Gasteiger partial charge in [0.1, 0.15) is 11.7 Å². The normalized spacial score (nSPS) is 26.0. The summed E-state index contributed by atoms with van der Waals surface area (Å²) in [5.41, 5.74) is 0.0453. The van der Waals surface area contributed by atoms with Crippen LogP contribution < -0.4 is 10.6 Å². The van der Waals surface area contributed by atoms with Crippen molar-refractivity contribution in [2.24, 2.45) is 0 Å². The summed E-state index contributed by atoms with van der Waals surface area (Å²) < 4.78 is 11.1. The molecule has 2 saturated heterocycles. The van der Waals surface area contributed by atoms with E-state index in [0.29, 0.717) is 17.6 Å². The molecule has 1 aromatic rings. The van der Waals surface area contributed by atoms with Crippen LogP contribution in [-0.4, -0.2) is 35.9 Å². The highest BCUT2D eigenvalue weighted by Crippen LogP contribution is 2.29. The first-order valence-electron chi connectivity index (χ1n) is 9.31. The van der Waals surface area contributed by atoms with Crippen LogP contribution in [0.25, 0.3) is 0 Å². The van der Waals surface area contributed by atoms with Crippen molar-refractivity contribution >= 4 is 12.1 Å². The van der Waals surface area contributed by atoms with Crippen LogP contribution in [0.1, 0.15) is 58.1 Å². The van der Waals surface area contributed by atoms with E-state index in [-0.39, 0.29) is 6.10 Å². The summed E-state index contributed by atoms with van der Waals surface area (Å²) in [5.74, 6) is -0.437. The lowest BCUT2D eigenvalue weighted by atomic mass is 10.0. The molecule has 2 N–H and O–H groups in total. The van der Waals surface area contributed by atoms with E-state index in [1.165, 1.54) is 0 Å². The van der Waals surface area contributed by atoms with Crippen molar-refractivity contribution in [3.63, 3.8) is 0 Å². The monoisotopic (exact) mass is 360 g/mol. The molecule has 2 heterocycles. The SMILES string of the molecule is CC(C)(C)OC(=O)NC(C(=O)OC1CC2CCC(C1)N2)c1ccccc1. The molecule has 26 heavy (non-hydrogen) atoms. The Balaban J connectivity index is 1.68. The first-order chi connectivity index (χ1) is 12.3. The van der Waals surface area contributed by atoms with Gasteiger partial charge in [-0.15, -0.1) is 0 Å². The fourth-order valence-corrected chi connectivity index (χ4v) is 3.68. The number of hydrogen-bond donors (Lipinski definition) is 2. The number of benzene rings is 1. The number of nitrogens with one attached hydrogen (secondary N) is 2. The molecule has 0 radical (unpaired) electrons. The molecule has 1 aromatic carbocycles. The standard InChI is InChI=1S/C20H28N2O4/c1-20(2,3)26-19(24)22-17(13-7-5-4-6-8-13)18(23)25-16-11-14-9-10-15(12-16)21-14/h4-8,14-17,21H,9-12H2,1-3H3,(H,22,24). The first-order valence-corrected chi connectivity index (χ1v) is 9.31. The Morgan fingerprint density at radius 1 is 1.12 bits per heavy atom. The Hall–Kier alpha value is -2.08. The van der Waals surface area contributed by atoms with Crippen LogP contribution in [0.5, 0.6) is 0 Å². The molecule has 6 heteroatoms. The number of piperidine rings is 1. The zero-order valence-corrected chi connectivity index (χ0v) is 15.7. The van der Waals surface area contributed by atoms with Gasteiger partial charge in [0.15, 0.2) is 6.04 Å². The van der Waals surface area contributed by atoms with Crippen molar-refractivity contribution < 1.29 is 19.1 Å². The van der Waals surface area contributed by atoms with Gasteiger partial charge in [-0.25, -0.2) is 9.59 Å². The fraction of sp³-hybridized carbons (Fsp3) is 0.600. The number of carbonyl (C=O) groups excluding carboxylic acids is 2. The van der Waals surface area contributed by atoms with Crippen LogP contribution in [0.3, 0.4) is 0 Å². The number of ether oxygens (including phenoxy) is 2. The smallest absolute Gasteiger partial charge is 0.408 e. The summed E-state index contributed by atoms with van der Waals surface area (Å²) in [7, 11) is 0. The van der Waals surface area contributed by atoms with E-state index < -0.39 is 23.7 Å². The molecule has 3 atom stereocenters. The molecule has 2 bridgehead atoms. The molecule has 2 aliphatic heterocycles. The molecule has 0 aromatic heterocycles. The Bertz CT molecular complexity index is 629. The summed E-state index contributed by atoms with van der Waals surface area (Å²) in [6.45, 7) is 5.35. The van der Waals surface area contributed by atoms with E-state index in [1.807, 2.05) is 18.2 Å². The lowest BCUT2D eigenvalue weighted by molar-refractivity contribution is -0.153. The largest absolute Gasteiger partial charge is 0.460 e. The molecule has 0 saturated carbocycles. The molecular formula is C20H28N2O4. The third kappa shape index (κ3) is 4.97.